The minimum atomic E-state index is -0.287. The second-order valence-corrected chi connectivity index (χ2v) is 7.51. The Morgan fingerprint density at radius 1 is 0.828 bits per heavy atom. The highest BCUT2D eigenvalue weighted by Crippen LogP contribution is 2.38. The van der Waals surface area contributed by atoms with E-state index in [4.69, 9.17) is 28.3 Å². The Hall–Kier alpha value is -2.69. The van der Waals surface area contributed by atoms with Crippen LogP contribution in [0.5, 0.6) is 0 Å². The molecular formula is C23H16Cl2F2N2. The highest BCUT2D eigenvalue weighted by Gasteiger charge is 2.28. The molecule has 1 atom stereocenters. The van der Waals surface area contributed by atoms with Crippen LogP contribution in [-0.2, 0) is 0 Å². The van der Waals surface area contributed by atoms with Crippen LogP contribution in [0.2, 0.25) is 10.0 Å². The zero-order valence-electron chi connectivity index (χ0n) is 15.2. The van der Waals surface area contributed by atoms with Crippen molar-refractivity contribution in [3.8, 4) is 0 Å². The fourth-order valence-electron chi connectivity index (χ4n) is 3.21. The number of rotatable bonds is 4. The van der Waals surface area contributed by atoms with Gasteiger partial charge >= 0.3 is 0 Å². The summed E-state index contributed by atoms with van der Waals surface area (Å²) >= 11 is 12.2. The van der Waals surface area contributed by atoms with Gasteiger partial charge in [-0.1, -0.05) is 53.5 Å². The third kappa shape index (κ3) is 4.50. The van der Waals surface area contributed by atoms with Crippen LogP contribution in [0.25, 0.3) is 6.08 Å². The largest absolute Gasteiger partial charge is 0.257 e. The number of nitrogens with zero attached hydrogens (tertiary/aromatic N) is 2. The average molecular weight is 429 g/mol. The first kappa shape index (κ1) is 19.6. The molecule has 1 aliphatic heterocycles. The van der Waals surface area contributed by atoms with Gasteiger partial charge < -0.3 is 0 Å². The highest BCUT2D eigenvalue weighted by atomic mass is 35.5. The minimum absolute atomic E-state index is 0.110. The van der Waals surface area contributed by atoms with Crippen molar-refractivity contribution < 1.29 is 8.78 Å². The van der Waals surface area contributed by atoms with Crippen molar-refractivity contribution in [1.29, 1.82) is 0 Å². The summed E-state index contributed by atoms with van der Waals surface area (Å²) in [5, 5.41) is 7.50. The summed E-state index contributed by atoms with van der Waals surface area (Å²) in [4.78, 5) is 0. The Morgan fingerprint density at radius 2 is 1.48 bits per heavy atom. The van der Waals surface area contributed by atoms with E-state index >= 15 is 0 Å². The fraction of sp³-hybridized carbons (Fsp3) is 0.0870. The van der Waals surface area contributed by atoms with Crippen molar-refractivity contribution in [3.05, 3.63) is 106 Å². The molecule has 146 valence electrons. The van der Waals surface area contributed by atoms with Gasteiger partial charge in [0.2, 0.25) is 0 Å². The van der Waals surface area contributed by atoms with Gasteiger partial charge in [-0.3, -0.25) is 5.01 Å². The van der Waals surface area contributed by atoms with E-state index in [1.165, 1.54) is 24.3 Å². The summed E-state index contributed by atoms with van der Waals surface area (Å²) in [6, 6.07) is 17.9. The minimum Gasteiger partial charge on any atom is -0.257 e. The van der Waals surface area contributed by atoms with Crippen LogP contribution in [0, 0.1) is 11.6 Å². The van der Waals surface area contributed by atoms with Crippen molar-refractivity contribution in [2.24, 2.45) is 5.10 Å². The first-order valence-corrected chi connectivity index (χ1v) is 9.76. The number of halogens is 4. The number of anilines is 1. The smallest absolute Gasteiger partial charge is 0.123 e. The first-order chi connectivity index (χ1) is 14.0. The molecule has 0 spiro atoms. The Balaban J connectivity index is 1.66. The molecule has 2 nitrogen and oxygen atoms in total. The van der Waals surface area contributed by atoms with E-state index in [0.717, 1.165) is 22.5 Å². The summed E-state index contributed by atoms with van der Waals surface area (Å²) in [5.74, 6) is -0.562. The van der Waals surface area contributed by atoms with Gasteiger partial charge in [-0.15, -0.1) is 0 Å². The Labute approximate surface area is 177 Å². The third-order valence-corrected chi connectivity index (χ3v) is 5.43. The summed E-state index contributed by atoms with van der Waals surface area (Å²) < 4.78 is 26.5. The van der Waals surface area contributed by atoms with Gasteiger partial charge in [0.1, 0.15) is 11.6 Å². The van der Waals surface area contributed by atoms with Crippen molar-refractivity contribution in [3.63, 3.8) is 0 Å². The van der Waals surface area contributed by atoms with Crippen molar-refractivity contribution in [2.45, 2.75) is 12.5 Å². The van der Waals surface area contributed by atoms with Crippen molar-refractivity contribution in [2.75, 3.05) is 5.01 Å². The molecule has 0 fully saturated rings. The number of hydrazone groups is 1. The summed E-state index contributed by atoms with van der Waals surface area (Å²) in [5.41, 5.74) is 3.44. The second kappa shape index (κ2) is 8.36. The lowest BCUT2D eigenvalue weighted by Gasteiger charge is -2.24. The maximum Gasteiger partial charge on any atom is 0.123 e. The Bertz CT molecular complexity index is 1080. The van der Waals surface area contributed by atoms with Crippen LogP contribution in [0.4, 0.5) is 14.5 Å². The first-order valence-electron chi connectivity index (χ1n) is 9.00. The molecule has 6 heteroatoms. The Kier molecular flexibility index (Phi) is 5.65. The molecule has 1 aliphatic rings. The van der Waals surface area contributed by atoms with E-state index in [-0.39, 0.29) is 17.7 Å². The van der Waals surface area contributed by atoms with E-state index < -0.39 is 0 Å². The molecule has 0 bridgehead atoms. The van der Waals surface area contributed by atoms with Crippen LogP contribution in [0.1, 0.15) is 23.6 Å². The number of allylic oxidation sites excluding steroid dienone is 1. The van der Waals surface area contributed by atoms with Gasteiger partial charge in [-0.05, 0) is 59.7 Å². The zero-order valence-corrected chi connectivity index (χ0v) is 16.7. The predicted octanol–water partition coefficient (Wildman–Crippen LogP) is 7.29. The molecule has 0 saturated carbocycles. The number of hydrogen-bond donors (Lipinski definition) is 0. The standard InChI is InChI=1S/C23H16Cl2F2N2/c24-21-12-11-20(14-22(21)25)29-23(16-4-8-18(27)9-5-16)13-19(28-29)10-3-15-1-6-17(26)7-2-15/h1-12,14,23H,13H2/b10-3+/t23-/m1/s1. The highest BCUT2D eigenvalue weighted by molar-refractivity contribution is 6.42. The molecule has 0 amide bonds. The van der Waals surface area contributed by atoms with E-state index in [0.29, 0.717) is 16.5 Å². The third-order valence-electron chi connectivity index (χ3n) is 4.69. The maximum atomic E-state index is 13.4. The molecule has 0 saturated heterocycles. The van der Waals surface area contributed by atoms with Gasteiger partial charge in [0.15, 0.2) is 0 Å². The van der Waals surface area contributed by atoms with E-state index in [1.807, 2.05) is 23.2 Å². The van der Waals surface area contributed by atoms with Crippen LogP contribution in [0.15, 0.2) is 77.9 Å². The van der Waals surface area contributed by atoms with Crippen LogP contribution in [0.3, 0.4) is 0 Å². The van der Waals surface area contributed by atoms with Gasteiger partial charge in [-0.25, -0.2) is 8.78 Å². The quantitative estimate of drug-likeness (QED) is 0.425. The van der Waals surface area contributed by atoms with Gasteiger partial charge in [0.05, 0.1) is 27.5 Å². The lowest BCUT2D eigenvalue weighted by atomic mass is 10.0. The second-order valence-electron chi connectivity index (χ2n) is 6.69. The van der Waals surface area contributed by atoms with Crippen LogP contribution < -0.4 is 5.01 Å². The molecule has 3 aromatic carbocycles. The SMILES string of the molecule is Fc1ccc(/C=C/C2=NN(c3ccc(Cl)c(Cl)c3)[C@@H](c3ccc(F)cc3)C2)cc1. The topological polar surface area (TPSA) is 15.6 Å². The predicted molar refractivity (Wildman–Crippen MR) is 116 cm³/mol. The molecule has 0 unspecified atom stereocenters. The van der Waals surface area contributed by atoms with Crippen LogP contribution >= 0.6 is 23.2 Å². The van der Waals surface area contributed by atoms with Gasteiger partial charge in [-0.2, -0.15) is 5.10 Å². The van der Waals surface area contributed by atoms with Crippen LogP contribution in [-0.4, -0.2) is 5.71 Å². The lowest BCUT2D eigenvalue weighted by Crippen LogP contribution is -2.18. The lowest BCUT2D eigenvalue weighted by molar-refractivity contribution is 0.624. The molecule has 0 aromatic heterocycles. The normalized spacial score (nSPS) is 16.5. The average Bonchev–Trinajstić information content (AvgIpc) is 3.14. The number of benzene rings is 3. The molecular weight excluding hydrogens is 413 g/mol. The van der Waals surface area contributed by atoms with E-state index in [1.54, 1.807) is 36.4 Å². The maximum absolute atomic E-state index is 13.4. The Morgan fingerprint density at radius 3 is 2.14 bits per heavy atom. The monoisotopic (exact) mass is 428 g/mol. The molecule has 0 N–H and O–H groups in total. The molecule has 4 rings (SSSR count). The number of hydrogen-bond acceptors (Lipinski definition) is 2. The summed E-state index contributed by atoms with van der Waals surface area (Å²) in [6.07, 6.45) is 4.42. The van der Waals surface area contributed by atoms with E-state index in [2.05, 4.69) is 0 Å². The molecule has 29 heavy (non-hydrogen) atoms. The molecule has 0 radical (unpaired) electrons. The fourth-order valence-corrected chi connectivity index (χ4v) is 3.50. The molecule has 1 heterocycles. The molecule has 0 aliphatic carbocycles. The van der Waals surface area contributed by atoms with Gasteiger partial charge in [0.25, 0.3) is 0 Å². The van der Waals surface area contributed by atoms with Crippen molar-refractivity contribution in [1.82, 2.24) is 0 Å². The molecule has 3 aromatic rings. The summed E-state index contributed by atoms with van der Waals surface area (Å²) in [7, 11) is 0. The van der Waals surface area contributed by atoms with Gasteiger partial charge in [0, 0.05) is 6.42 Å². The summed E-state index contributed by atoms with van der Waals surface area (Å²) in [6.45, 7) is 0. The van der Waals surface area contributed by atoms with Crippen molar-refractivity contribution >= 4 is 40.7 Å². The van der Waals surface area contributed by atoms with E-state index in [9.17, 15) is 8.78 Å². The zero-order chi connectivity index (χ0) is 20.4.